The lowest BCUT2D eigenvalue weighted by Gasteiger charge is -2.22. The number of halogens is 1. The Morgan fingerprint density at radius 3 is 2.52 bits per heavy atom. The first-order valence-electron chi connectivity index (χ1n) is 7.40. The molecule has 4 heteroatoms. The Kier molecular flexibility index (Phi) is 5.07. The minimum absolute atomic E-state index is 0.389. The van der Waals surface area contributed by atoms with Gasteiger partial charge < -0.3 is 5.11 Å². The van der Waals surface area contributed by atoms with Gasteiger partial charge in [0.15, 0.2) is 0 Å². The molecule has 0 fully saturated rings. The third kappa shape index (κ3) is 4.58. The van der Waals surface area contributed by atoms with Crippen molar-refractivity contribution in [2.24, 2.45) is 0 Å². The van der Waals surface area contributed by atoms with E-state index in [0.717, 1.165) is 17.7 Å². The number of aromatic nitrogens is 2. The minimum atomic E-state index is -0.817. The lowest BCUT2D eigenvalue weighted by atomic mass is 9.92. The Labute approximate surface area is 131 Å². The zero-order chi connectivity index (χ0) is 15.5. The number of aliphatic hydroxyl groups is 1. The molecule has 0 aliphatic rings. The molecular formula is C17H23ClN2O. The van der Waals surface area contributed by atoms with Crippen LogP contribution in [0.3, 0.4) is 0 Å². The molecule has 2 aromatic rings. The van der Waals surface area contributed by atoms with Gasteiger partial charge in [0, 0.05) is 30.1 Å². The van der Waals surface area contributed by atoms with Crippen LogP contribution in [0.2, 0.25) is 5.02 Å². The summed E-state index contributed by atoms with van der Waals surface area (Å²) in [5.74, 6) is 0. The van der Waals surface area contributed by atoms with Gasteiger partial charge in [-0.05, 0) is 44.0 Å². The normalized spacial score (nSPS) is 15.7. The summed E-state index contributed by atoms with van der Waals surface area (Å²) in [4.78, 5) is 0. The maximum Gasteiger partial charge on any atom is 0.0715 e. The number of nitrogens with zero attached hydrogens (tertiary/aromatic N) is 2. The lowest BCUT2D eigenvalue weighted by molar-refractivity contribution is 0.0596. The largest absolute Gasteiger partial charge is 0.389 e. The van der Waals surface area contributed by atoms with Gasteiger partial charge >= 0.3 is 0 Å². The summed E-state index contributed by atoms with van der Waals surface area (Å²) in [7, 11) is 0. The molecule has 0 bridgehead atoms. The topological polar surface area (TPSA) is 38.0 Å². The smallest absolute Gasteiger partial charge is 0.0715 e. The number of hydrogen-bond acceptors (Lipinski definition) is 2. The molecule has 0 amide bonds. The van der Waals surface area contributed by atoms with Crippen LogP contribution in [-0.4, -0.2) is 20.5 Å². The van der Waals surface area contributed by atoms with Crippen LogP contribution in [0.4, 0.5) is 0 Å². The van der Waals surface area contributed by atoms with Gasteiger partial charge in [-0.1, -0.05) is 30.7 Å². The van der Waals surface area contributed by atoms with Gasteiger partial charge in [-0.25, -0.2) is 0 Å². The molecule has 3 nitrogen and oxygen atoms in total. The van der Waals surface area contributed by atoms with Crippen LogP contribution in [-0.2, 0) is 12.8 Å². The Morgan fingerprint density at radius 1 is 1.24 bits per heavy atom. The highest BCUT2D eigenvalue weighted by molar-refractivity contribution is 6.30. The van der Waals surface area contributed by atoms with E-state index in [0.29, 0.717) is 23.9 Å². The van der Waals surface area contributed by atoms with Crippen LogP contribution in [0.5, 0.6) is 0 Å². The fourth-order valence-corrected chi connectivity index (χ4v) is 2.52. The van der Waals surface area contributed by atoms with Crippen molar-refractivity contribution in [3.8, 4) is 0 Å². The van der Waals surface area contributed by atoms with Crippen LogP contribution in [0.25, 0.3) is 0 Å². The molecule has 0 saturated heterocycles. The van der Waals surface area contributed by atoms with Crippen molar-refractivity contribution in [3.05, 3.63) is 52.8 Å². The number of hydrogen-bond donors (Lipinski definition) is 1. The molecule has 0 radical (unpaired) electrons. The van der Waals surface area contributed by atoms with E-state index in [1.807, 2.05) is 48.1 Å². The van der Waals surface area contributed by atoms with Crippen molar-refractivity contribution in [3.63, 3.8) is 0 Å². The van der Waals surface area contributed by atoms with Crippen LogP contribution < -0.4 is 0 Å². The quantitative estimate of drug-likeness (QED) is 0.874. The molecule has 0 aliphatic heterocycles. The van der Waals surface area contributed by atoms with E-state index in [2.05, 4.69) is 18.9 Å². The average molecular weight is 307 g/mol. The van der Waals surface area contributed by atoms with Crippen molar-refractivity contribution < 1.29 is 5.11 Å². The molecule has 2 unspecified atom stereocenters. The Hall–Kier alpha value is -1.32. The molecule has 1 heterocycles. The number of rotatable bonds is 6. The standard InChI is InChI=1S/C17H23ClN2O/c1-4-13(2)20-10-9-16(19-20)12-17(3,21)11-14-5-7-15(18)8-6-14/h5-10,13,21H,4,11-12H2,1-3H3. The molecule has 0 saturated carbocycles. The van der Waals surface area contributed by atoms with Crippen molar-refractivity contribution in [2.45, 2.75) is 51.7 Å². The summed E-state index contributed by atoms with van der Waals surface area (Å²) in [6, 6.07) is 9.99. The van der Waals surface area contributed by atoms with Gasteiger partial charge in [-0.2, -0.15) is 5.10 Å². The second-order valence-corrected chi connectivity index (χ2v) is 6.46. The monoisotopic (exact) mass is 306 g/mol. The van der Waals surface area contributed by atoms with Crippen molar-refractivity contribution in [2.75, 3.05) is 0 Å². The summed E-state index contributed by atoms with van der Waals surface area (Å²) in [6.45, 7) is 6.13. The highest BCUT2D eigenvalue weighted by Gasteiger charge is 2.23. The predicted molar refractivity (Wildman–Crippen MR) is 86.7 cm³/mol. The van der Waals surface area contributed by atoms with Gasteiger partial charge in [-0.3, -0.25) is 4.68 Å². The Balaban J connectivity index is 2.03. The second-order valence-electron chi connectivity index (χ2n) is 6.02. The van der Waals surface area contributed by atoms with Crippen molar-refractivity contribution in [1.29, 1.82) is 0 Å². The van der Waals surface area contributed by atoms with E-state index in [-0.39, 0.29) is 0 Å². The van der Waals surface area contributed by atoms with E-state index in [1.165, 1.54) is 0 Å². The van der Waals surface area contributed by atoms with E-state index in [4.69, 9.17) is 11.6 Å². The molecule has 21 heavy (non-hydrogen) atoms. The maximum absolute atomic E-state index is 10.6. The van der Waals surface area contributed by atoms with Gasteiger partial charge in [0.1, 0.15) is 0 Å². The molecule has 1 aromatic carbocycles. The van der Waals surface area contributed by atoms with Crippen LogP contribution in [0.15, 0.2) is 36.5 Å². The first-order chi connectivity index (χ1) is 9.89. The molecular weight excluding hydrogens is 284 g/mol. The van der Waals surface area contributed by atoms with E-state index in [1.54, 1.807) is 0 Å². The maximum atomic E-state index is 10.6. The summed E-state index contributed by atoms with van der Waals surface area (Å²) < 4.78 is 1.97. The van der Waals surface area contributed by atoms with E-state index < -0.39 is 5.60 Å². The van der Waals surface area contributed by atoms with E-state index in [9.17, 15) is 5.11 Å². The van der Waals surface area contributed by atoms with Gasteiger partial charge in [0.2, 0.25) is 0 Å². The molecule has 114 valence electrons. The number of benzene rings is 1. The second kappa shape index (κ2) is 6.63. The van der Waals surface area contributed by atoms with Crippen molar-refractivity contribution in [1.82, 2.24) is 9.78 Å². The summed E-state index contributed by atoms with van der Waals surface area (Å²) >= 11 is 5.88. The summed E-state index contributed by atoms with van der Waals surface area (Å²) in [5, 5.41) is 15.9. The van der Waals surface area contributed by atoms with Gasteiger partial charge in [-0.15, -0.1) is 0 Å². The van der Waals surface area contributed by atoms with E-state index >= 15 is 0 Å². The van der Waals surface area contributed by atoms with Crippen LogP contribution >= 0.6 is 11.6 Å². The summed E-state index contributed by atoms with van der Waals surface area (Å²) in [5.41, 5.74) is 1.18. The molecule has 0 spiro atoms. The lowest BCUT2D eigenvalue weighted by Crippen LogP contribution is -2.30. The first-order valence-corrected chi connectivity index (χ1v) is 7.78. The fourth-order valence-electron chi connectivity index (χ4n) is 2.40. The van der Waals surface area contributed by atoms with Gasteiger partial charge in [0.05, 0.1) is 11.3 Å². The highest BCUT2D eigenvalue weighted by Crippen LogP contribution is 2.20. The molecule has 0 aliphatic carbocycles. The molecule has 1 N–H and O–H groups in total. The van der Waals surface area contributed by atoms with Gasteiger partial charge in [0.25, 0.3) is 0 Å². The zero-order valence-corrected chi connectivity index (χ0v) is 13.6. The first kappa shape index (κ1) is 16.1. The Morgan fingerprint density at radius 2 is 1.90 bits per heavy atom. The fraction of sp³-hybridized carbons (Fsp3) is 0.471. The third-order valence-corrected chi connectivity index (χ3v) is 4.02. The molecule has 2 atom stereocenters. The SMILES string of the molecule is CCC(C)n1ccc(CC(C)(O)Cc2ccc(Cl)cc2)n1. The average Bonchev–Trinajstić information content (AvgIpc) is 2.88. The highest BCUT2D eigenvalue weighted by atomic mass is 35.5. The van der Waals surface area contributed by atoms with Crippen molar-refractivity contribution >= 4 is 11.6 Å². The predicted octanol–water partition coefficient (Wildman–Crippen LogP) is 4.04. The molecule has 2 rings (SSSR count). The van der Waals surface area contributed by atoms with Crippen LogP contribution in [0.1, 0.15) is 44.5 Å². The summed E-state index contributed by atoms with van der Waals surface area (Å²) in [6.07, 6.45) is 4.16. The molecule has 1 aromatic heterocycles. The van der Waals surface area contributed by atoms with Crippen LogP contribution in [0, 0.1) is 0 Å². The Bertz CT molecular complexity index is 575. The zero-order valence-electron chi connectivity index (χ0n) is 12.9. The third-order valence-electron chi connectivity index (χ3n) is 3.77. The minimum Gasteiger partial charge on any atom is -0.389 e.